The maximum absolute atomic E-state index is 10.1. The van der Waals surface area contributed by atoms with Crippen molar-refractivity contribution < 1.29 is 39.3 Å². The predicted molar refractivity (Wildman–Crippen MR) is 110 cm³/mol. The minimum atomic E-state index is -0.695. The van der Waals surface area contributed by atoms with Crippen LogP contribution in [0.4, 0.5) is 0 Å². The van der Waals surface area contributed by atoms with Crippen LogP contribution in [0.25, 0.3) is 0 Å². The summed E-state index contributed by atoms with van der Waals surface area (Å²) in [6.45, 7) is 4.38. The van der Waals surface area contributed by atoms with Crippen LogP contribution in [0.5, 0.6) is 0 Å². The van der Waals surface area contributed by atoms with Crippen LogP contribution >= 0.6 is 0 Å². The second-order valence-corrected chi connectivity index (χ2v) is 6.51. The summed E-state index contributed by atoms with van der Waals surface area (Å²) >= 11 is 0. The van der Waals surface area contributed by atoms with Crippen molar-refractivity contribution in [1.29, 1.82) is 0 Å². The second-order valence-electron chi connectivity index (χ2n) is 6.51. The van der Waals surface area contributed by atoms with Crippen LogP contribution in [0.1, 0.15) is 104 Å². The van der Waals surface area contributed by atoms with E-state index < -0.39 is 11.9 Å². The van der Waals surface area contributed by atoms with Crippen LogP contribution in [0.2, 0.25) is 0 Å². The Morgan fingerprint density at radius 3 is 1.15 bits per heavy atom. The molecule has 0 spiro atoms. The first kappa shape index (κ1) is 30.8. The number of hydrogen-bond acceptors (Lipinski definition) is 2. The molecule has 0 unspecified atom stereocenters. The average molecular weight is 434 g/mol. The van der Waals surface area contributed by atoms with Crippen LogP contribution in [0, 0.1) is 0 Å². The summed E-state index contributed by atoms with van der Waals surface area (Å²) in [6.07, 6.45) is 22.3. The Morgan fingerprint density at radius 2 is 0.889 bits per heavy atom. The molecule has 0 aromatic rings. The molecule has 0 aliphatic rings. The zero-order chi connectivity index (χ0) is 19.9. The maximum Gasteiger partial charge on any atom is 0.303 e. The van der Waals surface area contributed by atoms with Gasteiger partial charge in [-0.3, -0.25) is 9.59 Å². The van der Waals surface area contributed by atoms with E-state index >= 15 is 0 Å². The Labute approximate surface area is 179 Å². The molecular weight excluding hydrogens is 394 g/mol. The monoisotopic (exact) mass is 432 g/mol. The fraction of sp³-hybridized carbons (Fsp3) is 0.727. The summed E-state index contributed by atoms with van der Waals surface area (Å²) in [6, 6.07) is 0. The maximum atomic E-state index is 10.1. The first-order chi connectivity index (χ1) is 12.5. The predicted octanol–water partition coefficient (Wildman–Crippen LogP) is 6.75. The van der Waals surface area contributed by atoms with Crippen LogP contribution in [0.15, 0.2) is 24.3 Å². The first-order valence-corrected chi connectivity index (χ1v) is 10.3. The minimum absolute atomic E-state index is 0. The molecule has 0 saturated carbocycles. The van der Waals surface area contributed by atoms with Crippen molar-refractivity contribution in [3.8, 4) is 0 Å². The summed E-state index contributed by atoms with van der Waals surface area (Å²) in [5, 5.41) is 16.7. The minimum Gasteiger partial charge on any atom is -0.481 e. The zero-order valence-electron chi connectivity index (χ0n) is 17.6. The molecule has 0 bridgehead atoms. The molecule has 154 valence electrons. The van der Waals surface area contributed by atoms with E-state index in [0.717, 1.165) is 38.5 Å². The van der Waals surface area contributed by atoms with Crippen molar-refractivity contribution in [2.24, 2.45) is 0 Å². The van der Waals surface area contributed by atoms with Crippen LogP contribution in [0.3, 0.4) is 0 Å². The van der Waals surface area contributed by atoms with E-state index in [1.54, 1.807) is 0 Å². The molecule has 2 N–H and O–H groups in total. The molecule has 0 heterocycles. The van der Waals surface area contributed by atoms with Gasteiger partial charge < -0.3 is 10.2 Å². The molecule has 27 heavy (non-hydrogen) atoms. The second kappa shape index (κ2) is 27.3. The van der Waals surface area contributed by atoms with E-state index in [1.807, 2.05) is 0 Å². The van der Waals surface area contributed by atoms with Crippen molar-refractivity contribution in [3.63, 3.8) is 0 Å². The number of allylic oxidation sites excluding steroid dienone is 4. The average Bonchev–Trinajstić information content (AvgIpc) is 2.60. The molecule has 0 aliphatic heterocycles. The topological polar surface area (TPSA) is 74.6 Å². The standard InChI is InChI=1S/2C11H20O2.Zn/c2*1-2-3-4-5-6-7-8-9-10-11(12)13;/h2*6-7H,2-5,8-10H2,1H3,(H,12,13);. The van der Waals surface area contributed by atoms with Gasteiger partial charge in [0.2, 0.25) is 0 Å². The normalized spacial score (nSPS) is 10.4. The molecule has 0 aromatic heterocycles. The Kier molecular flexibility index (Phi) is 31.1. The van der Waals surface area contributed by atoms with Crippen LogP contribution in [-0.4, -0.2) is 22.2 Å². The van der Waals surface area contributed by atoms with Crippen molar-refractivity contribution in [1.82, 2.24) is 0 Å². The van der Waals surface area contributed by atoms with Gasteiger partial charge >= 0.3 is 11.9 Å². The van der Waals surface area contributed by atoms with Crippen molar-refractivity contribution in [2.45, 2.75) is 104 Å². The summed E-state index contributed by atoms with van der Waals surface area (Å²) in [7, 11) is 0. The third kappa shape index (κ3) is 36.7. The Bertz CT molecular complexity index is 343. The van der Waals surface area contributed by atoms with E-state index in [9.17, 15) is 9.59 Å². The van der Waals surface area contributed by atoms with Gasteiger partial charge in [-0.1, -0.05) is 63.8 Å². The smallest absolute Gasteiger partial charge is 0.303 e. The Morgan fingerprint density at radius 1 is 0.593 bits per heavy atom. The van der Waals surface area contributed by atoms with Gasteiger partial charge in [-0.15, -0.1) is 0 Å². The van der Waals surface area contributed by atoms with Gasteiger partial charge in [-0.2, -0.15) is 0 Å². The van der Waals surface area contributed by atoms with Gasteiger partial charge in [-0.25, -0.2) is 0 Å². The molecule has 0 rings (SSSR count). The van der Waals surface area contributed by atoms with E-state index in [1.165, 1.54) is 38.5 Å². The summed E-state index contributed by atoms with van der Waals surface area (Å²) in [4.78, 5) is 20.3. The molecule has 0 atom stereocenters. The zero-order valence-corrected chi connectivity index (χ0v) is 20.6. The molecule has 4 nitrogen and oxygen atoms in total. The third-order valence-electron chi connectivity index (χ3n) is 3.80. The largest absolute Gasteiger partial charge is 0.481 e. The van der Waals surface area contributed by atoms with E-state index in [4.69, 9.17) is 10.2 Å². The fourth-order valence-corrected chi connectivity index (χ4v) is 2.24. The number of aliphatic carboxylic acids is 2. The Balaban J connectivity index is -0.000000411. The van der Waals surface area contributed by atoms with Gasteiger partial charge in [0.05, 0.1) is 0 Å². The van der Waals surface area contributed by atoms with Gasteiger partial charge in [-0.05, 0) is 51.4 Å². The van der Waals surface area contributed by atoms with E-state index in [2.05, 4.69) is 38.2 Å². The van der Waals surface area contributed by atoms with Crippen molar-refractivity contribution >= 4 is 11.9 Å². The molecular formula is C22H40O4Zn. The summed E-state index contributed by atoms with van der Waals surface area (Å²) in [5.41, 5.74) is 0. The number of carbonyl (C=O) groups is 2. The van der Waals surface area contributed by atoms with Gasteiger partial charge in [0.25, 0.3) is 0 Å². The van der Waals surface area contributed by atoms with E-state index in [-0.39, 0.29) is 19.5 Å². The SMILES string of the molecule is CCCCCC=CCCCC(=O)O.CCCCCC=CCCCC(=O)O.[Zn]. The Hall–Kier alpha value is -0.957. The summed E-state index contributed by atoms with van der Waals surface area (Å²) in [5.74, 6) is -1.39. The van der Waals surface area contributed by atoms with Gasteiger partial charge in [0, 0.05) is 32.3 Å². The molecule has 0 aromatic carbocycles. The number of carboxylic acids is 2. The first-order valence-electron chi connectivity index (χ1n) is 10.3. The molecule has 0 fully saturated rings. The van der Waals surface area contributed by atoms with Gasteiger partial charge in [0.15, 0.2) is 0 Å². The molecule has 0 aliphatic carbocycles. The molecule has 0 radical (unpaired) electrons. The van der Waals surface area contributed by atoms with Crippen LogP contribution in [-0.2, 0) is 29.1 Å². The van der Waals surface area contributed by atoms with Crippen molar-refractivity contribution in [2.75, 3.05) is 0 Å². The molecule has 0 saturated heterocycles. The third-order valence-corrected chi connectivity index (χ3v) is 3.80. The van der Waals surface area contributed by atoms with E-state index in [0.29, 0.717) is 12.8 Å². The number of unbranched alkanes of at least 4 members (excludes halogenated alkanes) is 8. The molecule has 0 amide bonds. The number of carboxylic acid groups (broad SMARTS) is 2. The molecule has 5 heteroatoms. The quantitative estimate of drug-likeness (QED) is 0.160. The number of hydrogen-bond donors (Lipinski definition) is 2. The number of rotatable bonds is 16. The van der Waals surface area contributed by atoms with Crippen molar-refractivity contribution in [3.05, 3.63) is 24.3 Å². The van der Waals surface area contributed by atoms with Crippen LogP contribution < -0.4 is 0 Å². The summed E-state index contributed by atoms with van der Waals surface area (Å²) < 4.78 is 0. The van der Waals surface area contributed by atoms with Gasteiger partial charge in [0.1, 0.15) is 0 Å². The fourth-order valence-electron chi connectivity index (χ4n) is 2.24.